The van der Waals surface area contributed by atoms with Gasteiger partial charge in [-0.25, -0.2) is 0 Å². The van der Waals surface area contributed by atoms with Gasteiger partial charge in [-0.2, -0.15) is 0 Å². The highest BCUT2D eigenvalue weighted by atomic mass is 32.2. The number of carbonyl (C=O) groups is 1. The molecule has 0 aliphatic heterocycles. The fourth-order valence-electron chi connectivity index (χ4n) is 1.87. The van der Waals surface area contributed by atoms with Crippen LogP contribution in [-0.2, 0) is 4.79 Å². The molecule has 7 heteroatoms. The van der Waals surface area contributed by atoms with Gasteiger partial charge in [0.25, 0.3) is 0 Å². The van der Waals surface area contributed by atoms with Crippen LogP contribution in [0.25, 0.3) is 0 Å². The topological polar surface area (TPSA) is 66.9 Å². The number of aromatic nitrogens is 2. The zero-order chi connectivity index (χ0) is 16.9. The monoisotopic (exact) mass is 350 g/mol. The molecule has 0 spiro atoms. The van der Waals surface area contributed by atoms with Gasteiger partial charge in [-0.3, -0.25) is 4.79 Å². The molecule has 2 aromatic rings. The Morgan fingerprint density at radius 2 is 1.96 bits per heavy atom. The number of amides is 1. The molecule has 0 saturated heterocycles. The van der Waals surface area contributed by atoms with Gasteiger partial charge < -0.3 is 10.6 Å². The second kappa shape index (κ2) is 7.79. The third kappa shape index (κ3) is 6.19. The molecule has 1 unspecified atom stereocenters. The standard InChI is InChI=1S/C16H22N4OS2/c1-11(12-8-6-5-7-9-12)17-13(21)10-22-15-20-19-14(23-15)18-16(2,3)4/h5-9,11H,10H2,1-4H3,(H,17,21)(H,18,19). The van der Waals surface area contributed by atoms with Crippen molar-refractivity contribution >= 4 is 34.1 Å². The summed E-state index contributed by atoms with van der Waals surface area (Å²) in [6, 6.07) is 9.92. The fraction of sp³-hybridized carbons (Fsp3) is 0.438. The molecule has 0 fully saturated rings. The summed E-state index contributed by atoms with van der Waals surface area (Å²) in [6.07, 6.45) is 0. The van der Waals surface area contributed by atoms with Crippen molar-refractivity contribution < 1.29 is 4.79 Å². The van der Waals surface area contributed by atoms with E-state index in [9.17, 15) is 4.79 Å². The van der Waals surface area contributed by atoms with Crippen LogP contribution in [0.3, 0.4) is 0 Å². The van der Waals surface area contributed by atoms with Crippen molar-refractivity contribution in [2.75, 3.05) is 11.1 Å². The van der Waals surface area contributed by atoms with Gasteiger partial charge in [0.1, 0.15) is 0 Å². The van der Waals surface area contributed by atoms with E-state index in [1.807, 2.05) is 37.3 Å². The first kappa shape index (κ1) is 17.7. The molecule has 0 aliphatic carbocycles. The van der Waals surface area contributed by atoms with Gasteiger partial charge in [-0.05, 0) is 33.3 Å². The molecular formula is C16H22N4OS2. The lowest BCUT2D eigenvalue weighted by Crippen LogP contribution is -2.28. The zero-order valence-electron chi connectivity index (χ0n) is 13.8. The Labute approximate surface area is 145 Å². The summed E-state index contributed by atoms with van der Waals surface area (Å²) in [7, 11) is 0. The third-order valence-electron chi connectivity index (χ3n) is 2.89. The van der Waals surface area contributed by atoms with E-state index >= 15 is 0 Å². The second-order valence-electron chi connectivity index (χ2n) is 6.24. The van der Waals surface area contributed by atoms with E-state index in [1.165, 1.54) is 23.1 Å². The van der Waals surface area contributed by atoms with Crippen LogP contribution in [-0.4, -0.2) is 27.4 Å². The first-order chi connectivity index (χ1) is 10.8. The lowest BCUT2D eigenvalue weighted by molar-refractivity contribution is -0.119. The van der Waals surface area contributed by atoms with Crippen LogP contribution in [0.15, 0.2) is 34.7 Å². The van der Waals surface area contributed by atoms with E-state index in [2.05, 4.69) is 41.6 Å². The van der Waals surface area contributed by atoms with Crippen LogP contribution in [0, 0.1) is 0 Å². The van der Waals surface area contributed by atoms with Crippen LogP contribution in [0.1, 0.15) is 39.3 Å². The maximum atomic E-state index is 12.0. The smallest absolute Gasteiger partial charge is 0.230 e. The van der Waals surface area contributed by atoms with Crippen molar-refractivity contribution in [3.8, 4) is 0 Å². The minimum absolute atomic E-state index is 0.00293. The van der Waals surface area contributed by atoms with Crippen molar-refractivity contribution in [2.45, 2.75) is 43.6 Å². The van der Waals surface area contributed by atoms with E-state index in [0.717, 1.165) is 15.0 Å². The molecule has 23 heavy (non-hydrogen) atoms. The first-order valence-electron chi connectivity index (χ1n) is 7.42. The lowest BCUT2D eigenvalue weighted by Gasteiger charge is -2.18. The highest BCUT2D eigenvalue weighted by molar-refractivity contribution is 8.01. The molecule has 1 heterocycles. The van der Waals surface area contributed by atoms with Crippen molar-refractivity contribution in [1.82, 2.24) is 15.5 Å². The molecule has 0 radical (unpaired) electrons. The van der Waals surface area contributed by atoms with Gasteiger partial charge in [0.2, 0.25) is 11.0 Å². The zero-order valence-corrected chi connectivity index (χ0v) is 15.4. The molecule has 1 amide bonds. The third-order valence-corrected chi connectivity index (χ3v) is 4.86. The number of nitrogens with zero attached hydrogens (tertiary/aromatic N) is 2. The molecule has 2 rings (SSSR count). The Morgan fingerprint density at radius 3 is 2.61 bits per heavy atom. The van der Waals surface area contributed by atoms with Crippen molar-refractivity contribution in [3.05, 3.63) is 35.9 Å². The Bertz CT molecular complexity index is 637. The summed E-state index contributed by atoms with van der Waals surface area (Å²) in [4.78, 5) is 12.0. The van der Waals surface area contributed by atoms with E-state index in [-0.39, 0.29) is 17.5 Å². The van der Waals surface area contributed by atoms with E-state index in [1.54, 1.807) is 0 Å². The average Bonchev–Trinajstić information content (AvgIpc) is 2.91. The number of nitrogens with one attached hydrogen (secondary N) is 2. The van der Waals surface area contributed by atoms with Crippen molar-refractivity contribution in [1.29, 1.82) is 0 Å². The van der Waals surface area contributed by atoms with Gasteiger partial charge >= 0.3 is 0 Å². The molecule has 1 atom stereocenters. The molecule has 0 aliphatic rings. The van der Waals surface area contributed by atoms with Crippen LogP contribution in [0.5, 0.6) is 0 Å². The Morgan fingerprint density at radius 1 is 1.26 bits per heavy atom. The average molecular weight is 351 g/mol. The number of carbonyl (C=O) groups excluding carboxylic acids is 1. The minimum atomic E-state index is -0.0516. The van der Waals surface area contributed by atoms with Crippen molar-refractivity contribution in [2.24, 2.45) is 0 Å². The van der Waals surface area contributed by atoms with Gasteiger partial charge in [0.05, 0.1) is 11.8 Å². The summed E-state index contributed by atoms with van der Waals surface area (Å²) in [6.45, 7) is 8.19. The summed E-state index contributed by atoms with van der Waals surface area (Å²) < 4.78 is 0.791. The largest absolute Gasteiger partial charge is 0.355 e. The van der Waals surface area contributed by atoms with Gasteiger partial charge in [-0.15, -0.1) is 10.2 Å². The highest BCUT2D eigenvalue weighted by Gasteiger charge is 2.14. The normalized spacial score (nSPS) is 12.7. The summed E-state index contributed by atoms with van der Waals surface area (Å²) >= 11 is 2.87. The number of anilines is 1. The molecule has 2 N–H and O–H groups in total. The quantitative estimate of drug-likeness (QED) is 0.777. The number of rotatable bonds is 6. The Balaban J connectivity index is 1.80. The first-order valence-corrected chi connectivity index (χ1v) is 9.22. The Kier molecular flexibility index (Phi) is 6.01. The molecule has 1 aromatic carbocycles. The van der Waals surface area contributed by atoms with E-state index < -0.39 is 0 Å². The SMILES string of the molecule is CC(NC(=O)CSc1nnc(NC(C)(C)C)s1)c1ccccc1. The predicted octanol–water partition coefficient (Wildman–Crippen LogP) is 3.72. The molecule has 0 saturated carbocycles. The Hall–Kier alpha value is -1.60. The second-order valence-corrected chi connectivity index (χ2v) is 8.44. The predicted molar refractivity (Wildman–Crippen MR) is 97.0 cm³/mol. The van der Waals surface area contributed by atoms with Crippen LogP contribution in [0.4, 0.5) is 5.13 Å². The molecule has 0 bridgehead atoms. The number of thioether (sulfide) groups is 1. The van der Waals surface area contributed by atoms with Gasteiger partial charge in [0, 0.05) is 5.54 Å². The molecule has 1 aromatic heterocycles. The molecular weight excluding hydrogens is 328 g/mol. The van der Waals surface area contributed by atoms with E-state index in [4.69, 9.17) is 0 Å². The van der Waals surface area contributed by atoms with E-state index in [0.29, 0.717) is 5.75 Å². The maximum Gasteiger partial charge on any atom is 0.230 e. The molecule has 5 nitrogen and oxygen atoms in total. The van der Waals surface area contributed by atoms with Crippen LogP contribution >= 0.6 is 23.1 Å². The minimum Gasteiger partial charge on any atom is -0.355 e. The van der Waals surface area contributed by atoms with Crippen LogP contribution in [0.2, 0.25) is 0 Å². The summed E-state index contributed by atoms with van der Waals surface area (Å²) in [5.74, 6) is 0.327. The lowest BCUT2D eigenvalue weighted by atomic mass is 10.1. The summed E-state index contributed by atoms with van der Waals surface area (Å²) in [5.41, 5.74) is 1.04. The summed E-state index contributed by atoms with van der Waals surface area (Å²) in [5, 5.41) is 15.2. The van der Waals surface area contributed by atoms with Crippen molar-refractivity contribution in [3.63, 3.8) is 0 Å². The van der Waals surface area contributed by atoms with Gasteiger partial charge in [-0.1, -0.05) is 53.4 Å². The van der Waals surface area contributed by atoms with Gasteiger partial charge in [0.15, 0.2) is 4.34 Å². The van der Waals surface area contributed by atoms with Crippen LogP contribution < -0.4 is 10.6 Å². The maximum absolute atomic E-state index is 12.0. The number of hydrogen-bond donors (Lipinski definition) is 2. The fourth-order valence-corrected chi connectivity index (χ4v) is 3.65. The highest BCUT2D eigenvalue weighted by Crippen LogP contribution is 2.27. The number of hydrogen-bond acceptors (Lipinski definition) is 6. The molecule has 124 valence electrons. The number of benzene rings is 1.